The van der Waals surface area contributed by atoms with E-state index in [9.17, 15) is 8.42 Å². The number of thiazole rings is 1. The van der Waals surface area contributed by atoms with E-state index in [-0.39, 0.29) is 14.7 Å². The highest BCUT2D eigenvalue weighted by atomic mass is 35.5. The number of sulfonamides is 1. The van der Waals surface area contributed by atoms with E-state index in [4.69, 9.17) is 11.6 Å². The van der Waals surface area contributed by atoms with E-state index in [0.717, 1.165) is 37.0 Å². The molecule has 0 unspecified atom stereocenters. The predicted octanol–water partition coefficient (Wildman–Crippen LogP) is 2.67. The van der Waals surface area contributed by atoms with Crippen LogP contribution in [0.2, 0.25) is 4.47 Å². The lowest BCUT2D eigenvalue weighted by atomic mass is 10.3. The number of aromatic nitrogens is 1. The van der Waals surface area contributed by atoms with Gasteiger partial charge in [0, 0.05) is 13.1 Å². The first-order valence-electron chi connectivity index (χ1n) is 5.54. The maximum atomic E-state index is 12.4. The van der Waals surface area contributed by atoms with E-state index in [1.807, 2.05) is 0 Å². The lowest BCUT2D eigenvalue weighted by Gasteiger charge is -2.22. The van der Waals surface area contributed by atoms with Gasteiger partial charge in [-0.3, -0.25) is 0 Å². The fraction of sp³-hybridized carbons (Fsp3) is 0.700. The average Bonchev–Trinajstić information content (AvgIpc) is 2.86. The van der Waals surface area contributed by atoms with Gasteiger partial charge in [0.05, 0.1) is 5.69 Å². The minimum Gasteiger partial charge on any atom is -0.229 e. The molecular formula is C10H15ClN2O2S2. The Kier molecular flexibility index (Phi) is 3.77. The molecule has 2 rings (SSSR count). The maximum absolute atomic E-state index is 12.4. The molecule has 0 aromatic carbocycles. The fourth-order valence-corrected chi connectivity index (χ4v) is 5.50. The van der Waals surface area contributed by atoms with E-state index < -0.39 is 10.0 Å². The normalized spacial score (nSPS) is 18.1. The molecule has 0 saturated heterocycles. The molecule has 0 bridgehead atoms. The van der Waals surface area contributed by atoms with Gasteiger partial charge in [-0.15, -0.1) is 0 Å². The Labute approximate surface area is 111 Å². The Morgan fingerprint density at radius 1 is 1.41 bits per heavy atom. The van der Waals surface area contributed by atoms with Crippen LogP contribution in [-0.4, -0.2) is 30.8 Å². The van der Waals surface area contributed by atoms with Crippen molar-refractivity contribution in [1.82, 2.24) is 9.29 Å². The van der Waals surface area contributed by atoms with Gasteiger partial charge in [-0.2, -0.15) is 4.31 Å². The number of nitrogens with zero attached hydrogens (tertiary/aromatic N) is 2. The third-order valence-electron chi connectivity index (χ3n) is 3.18. The molecule has 1 fully saturated rings. The molecule has 1 aliphatic rings. The Morgan fingerprint density at radius 2 is 2.00 bits per heavy atom. The van der Waals surface area contributed by atoms with Gasteiger partial charge in [-0.1, -0.05) is 35.8 Å². The topological polar surface area (TPSA) is 50.3 Å². The van der Waals surface area contributed by atoms with E-state index >= 15 is 0 Å². The Hall–Kier alpha value is -0.170. The highest BCUT2D eigenvalue weighted by Crippen LogP contribution is 2.32. The SMILES string of the molecule is Cc1nc(Cl)sc1S(=O)(=O)N(C)C1CCCC1. The smallest absolute Gasteiger partial charge is 0.229 e. The van der Waals surface area contributed by atoms with Crippen molar-refractivity contribution in [3.8, 4) is 0 Å². The molecule has 0 radical (unpaired) electrons. The van der Waals surface area contributed by atoms with Crippen molar-refractivity contribution >= 4 is 33.0 Å². The molecule has 1 aromatic heterocycles. The third-order valence-corrected chi connectivity index (χ3v) is 6.94. The largest absolute Gasteiger partial charge is 0.254 e. The van der Waals surface area contributed by atoms with Gasteiger partial charge in [-0.05, 0) is 19.8 Å². The van der Waals surface area contributed by atoms with Crippen LogP contribution in [0.4, 0.5) is 0 Å². The Morgan fingerprint density at radius 3 is 2.47 bits per heavy atom. The zero-order valence-electron chi connectivity index (χ0n) is 9.81. The van der Waals surface area contributed by atoms with Crippen LogP contribution in [-0.2, 0) is 10.0 Å². The summed E-state index contributed by atoms with van der Waals surface area (Å²) < 4.78 is 26.8. The molecule has 0 spiro atoms. The predicted molar refractivity (Wildman–Crippen MR) is 69.1 cm³/mol. The molecule has 1 aromatic rings. The van der Waals surface area contributed by atoms with Gasteiger partial charge in [0.1, 0.15) is 0 Å². The first kappa shape index (κ1) is 13.3. The van der Waals surface area contributed by atoms with Gasteiger partial charge >= 0.3 is 0 Å². The van der Waals surface area contributed by atoms with Crippen molar-refractivity contribution in [1.29, 1.82) is 0 Å². The summed E-state index contributed by atoms with van der Waals surface area (Å²) >= 11 is 6.79. The maximum Gasteiger partial charge on any atom is 0.254 e. The zero-order chi connectivity index (χ0) is 12.6. The summed E-state index contributed by atoms with van der Waals surface area (Å²) in [6.07, 6.45) is 4.10. The van der Waals surface area contributed by atoms with Crippen molar-refractivity contribution in [3.05, 3.63) is 10.2 Å². The van der Waals surface area contributed by atoms with Crippen LogP contribution in [0.5, 0.6) is 0 Å². The van der Waals surface area contributed by atoms with Crippen molar-refractivity contribution in [2.24, 2.45) is 0 Å². The lowest BCUT2D eigenvalue weighted by molar-refractivity contribution is 0.373. The first-order valence-corrected chi connectivity index (χ1v) is 8.17. The number of rotatable bonds is 3. The van der Waals surface area contributed by atoms with Crippen molar-refractivity contribution in [2.75, 3.05) is 7.05 Å². The molecule has 1 aliphatic carbocycles. The quantitative estimate of drug-likeness (QED) is 0.861. The van der Waals surface area contributed by atoms with Crippen LogP contribution < -0.4 is 0 Å². The summed E-state index contributed by atoms with van der Waals surface area (Å²) in [7, 11) is -1.78. The van der Waals surface area contributed by atoms with Crippen LogP contribution >= 0.6 is 22.9 Å². The summed E-state index contributed by atoms with van der Waals surface area (Å²) in [4.78, 5) is 3.96. The third kappa shape index (κ3) is 2.50. The Balaban J connectivity index is 2.32. The van der Waals surface area contributed by atoms with Crippen LogP contribution in [0.15, 0.2) is 4.21 Å². The molecular weight excluding hydrogens is 280 g/mol. The summed E-state index contributed by atoms with van der Waals surface area (Å²) in [5, 5.41) is 0. The summed E-state index contributed by atoms with van der Waals surface area (Å²) in [5.74, 6) is 0. The molecule has 0 amide bonds. The standard InChI is InChI=1S/C10H15ClN2O2S2/c1-7-9(16-10(11)12-7)17(14,15)13(2)8-5-3-4-6-8/h8H,3-6H2,1-2H3. The van der Waals surface area contributed by atoms with E-state index in [1.165, 1.54) is 4.31 Å². The highest BCUT2D eigenvalue weighted by Gasteiger charge is 2.32. The summed E-state index contributed by atoms with van der Waals surface area (Å²) in [5.41, 5.74) is 0.491. The second kappa shape index (κ2) is 4.84. The molecule has 17 heavy (non-hydrogen) atoms. The average molecular weight is 295 g/mol. The van der Waals surface area contributed by atoms with Crippen molar-refractivity contribution in [2.45, 2.75) is 42.9 Å². The molecule has 96 valence electrons. The van der Waals surface area contributed by atoms with Gasteiger partial charge < -0.3 is 0 Å². The van der Waals surface area contributed by atoms with E-state index in [0.29, 0.717) is 5.69 Å². The van der Waals surface area contributed by atoms with Crippen LogP contribution in [0, 0.1) is 6.92 Å². The molecule has 0 N–H and O–H groups in total. The number of hydrogen-bond donors (Lipinski definition) is 0. The highest BCUT2D eigenvalue weighted by molar-refractivity contribution is 7.91. The minimum absolute atomic E-state index is 0.125. The zero-order valence-corrected chi connectivity index (χ0v) is 12.2. The monoisotopic (exact) mass is 294 g/mol. The van der Waals surface area contributed by atoms with Gasteiger partial charge in [0.25, 0.3) is 10.0 Å². The van der Waals surface area contributed by atoms with Gasteiger partial charge in [0.15, 0.2) is 8.68 Å². The Bertz CT molecular complexity index is 506. The van der Waals surface area contributed by atoms with Crippen LogP contribution in [0.25, 0.3) is 0 Å². The molecule has 0 aliphatic heterocycles. The molecule has 1 saturated carbocycles. The fourth-order valence-electron chi connectivity index (χ4n) is 2.18. The molecule has 1 heterocycles. The minimum atomic E-state index is -3.43. The van der Waals surface area contributed by atoms with Gasteiger partial charge in [0.2, 0.25) is 0 Å². The number of aryl methyl sites for hydroxylation is 1. The molecule has 0 atom stereocenters. The number of halogens is 1. The summed E-state index contributed by atoms with van der Waals surface area (Å²) in [6.45, 7) is 1.68. The first-order chi connectivity index (χ1) is 7.93. The second-order valence-electron chi connectivity index (χ2n) is 4.30. The summed E-state index contributed by atoms with van der Waals surface area (Å²) in [6, 6.07) is 0.125. The van der Waals surface area contributed by atoms with E-state index in [1.54, 1.807) is 14.0 Å². The van der Waals surface area contributed by atoms with Crippen LogP contribution in [0.3, 0.4) is 0 Å². The van der Waals surface area contributed by atoms with Crippen LogP contribution in [0.1, 0.15) is 31.4 Å². The lowest BCUT2D eigenvalue weighted by Crippen LogP contribution is -2.35. The number of hydrogen-bond acceptors (Lipinski definition) is 4. The van der Waals surface area contributed by atoms with Crippen molar-refractivity contribution < 1.29 is 8.42 Å². The van der Waals surface area contributed by atoms with E-state index in [2.05, 4.69) is 4.98 Å². The molecule has 7 heteroatoms. The van der Waals surface area contributed by atoms with Crippen molar-refractivity contribution in [3.63, 3.8) is 0 Å². The van der Waals surface area contributed by atoms with Gasteiger partial charge in [-0.25, -0.2) is 13.4 Å². The second-order valence-corrected chi connectivity index (χ2v) is 8.07. The molecule has 4 nitrogen and oxygen atoms in total.